The Kier molecular flexibility index (Phi) is 4.25. The molecule has 22 heavy (non-hydrogen) atoms. The number of carbonyl (C=O) groups excluding carboxylic acids is 1. The summed E-state index contributed by atoms with van der Waals surface area (Å²) in [5, 5.41) is 20.0. The van der Waals surface area contributed by atoms with Gasteiger partial charge in [0.05, 0.1) is 5.56 Å². The summed E-state index contributed by atoms with van der Waals surface area (Å²) in [7, 11) is 0. The molecule has 1 N–H and O–H groups in total. The maximum Gasteiger partial charge on any atom is 0.229 e. The minimum absolute atomic E-state index is 0.0158. The summed E-state index contributed by atoms with van der Waals surface area (Å²) < 4.78 is 0. The van der Waals surface area contributed by atoms with Gasteiger partial charge in [-0.05, 0) is 25.0 Å². The molecule has 2 aromatic heterocycles. The fourth-order valence-electron chi connectivity index (χ4n) is 2.52. The fraction of sp³-hybridized carbons (Fsp3) is 0.357. The van der Waals surface area contributed by atoms with Crippen molar-refractivity contribution in [2.75, 3.05) is 23.3 Å². The highest BCUT2D eigenvalue weighted by atomic mass is 32.1. The Hall–Kier alpha value is -2.53. The number of rotatable bonds is 3. The molecule has 0 atom stereocenters. The van der Waals surface area contributed by atoms with Crippen LogP contribution in [-0.4, -0.2) is 34.2 Å². The molecule has 0 aromatic carbocycles. The van der Waals surface area contributed by atoms with Crippen molar-refractivity contribution in [1.29, 1.82) is 5.26 Å². The number of nitrogens with zero attached hydrogens (tertiary/aromatic N) is 5. The summed E-state index contributed by atoms with van der Waals surface area (Å²) in [6.45, 7) is 1.42. The zero-order chi connectivity index (χ0) is 15.4. The first-order valence-corrected chi connectivity index (χ1v) is 7.83. The van der Waals surface area contributed by atoms with Gasteiger partial charge in [-0.25, -0.2) is 4.98 Å². The summed E-state index contributed by atoms with van der Waals surface area (Å²) in [4.78, 5) is 18.5. The summed E-state index contributed by atoms with van der Waals surface area (Å²) >= 11 is 1.31. The predicted octanol–water partition coefficient (Wildman–Crippen LogP) is 1.66. The Bertz CT molecular complexity index is 688. The number of hydrogen-bond acceptors (Lipinski definition) is 7. The summed E-state index contributed by atoms with van der Waals surface area (Å²) in [5.41, 5.74) is 2.15. The normalized spacial score (nSPS) is 15.3. The van der Waals surface area contributed by atoms with E-state index in [1.165, 1.54) is 11.3 Å². The molecule has 0 bridgehead atoms. The number of hydrogen-bond donors (Lipinski definition) is 1. The van der Waals surface area contributed by atoms with E-state index in [0.29, 0.717) is 29.6 Å². The minimum atomic E-state index is -0.0469. The fourth-order valence-corrected chi connectivity index (χ4v) is 2.97. The lowest BCUT2D eigenvalue weighted by Crippen LogP contribution is -2.38. The van der Waals surface area contributed by atoms with Gasteiger partial charge in [0.25, 0.3) is 0 Å². The standard InChI is InChI=1S/C14H14N6OS/c15-8-11-2-1-5-16-12(11)20-6-3-10(4-7-20)13(21)18-14-19-17-9-22-14/h1-2,5,9-10H,3-4,6-7H2,(H,18,19,21). The van der Waals surface area contributed by atoms with Crippen LogP contribution < -0.4 is 10.2 Å². The van der Waals surface area contributed by atoms with Gasteiger partial charge in [-0.2, -0.15) is 5.26 Å². The monoisotopic (exact) mass is 314 g/mol. The second-order valence-electron chi connectivity index (χ2n) is 4.98. The van der Waals surface area contributed by atoms with E-state index in [9.17, 15) is 4.79 Å². The zero-order valence-electron chi connectivity index (χ0n) is 11.8. The number of amides is 1. The number of aromatic nitrogens is 3. The van der Waals surface area contributed by atoms with Gasteiger partial charge in [-0.1, -0.05) is 11.3 Å². The van der Waals surface area contributed by atoms with Crippen LogP contribution in [0.3, 0.4) is 0 Å². The van der Waals surface area contributed by atoms with Gasteiger partial charge in [0.1, 0.15) is 17.4 Å². The molecule has 0 spiro atoms. The maximum atomic E-state index is 12.2. The topological polar surface area (TPSA) is 94.8 Å². The molecule has 1 aliphatic rings. The van der Waals surface area contributed by atoms with Crippen LogP contribution in [0.4, 0.5) is 10.9 Å². The van der Waals surface area contributed by atoms with E-state index in [1.54, 1.807) is 23.8 Å². The number of piperidine rings is 1. The molecule has 1 aliphatic heterocycles. The minimum Gasteiger partial charge on any atom is -0.355 e. The van der Waals surface area contributed by atoms with Crippen LogP contribution in [0.5, 0.6) is 0 Å². The highest BCUT2D eigenvalue weighted by Gasteiger charge is 2.27. The van der Waals surface area contributed by atoms with Crippen LogP contribution in [0.25, 0.3) is 0 Å². The molecule has 3 rings (SSSR count). The molecule has 1 amide bonds. The largest absolute Gasteiger partial charge is 0.355 e. The maximum absolute atomic E-state index is 12.2. The van der Waals surface area contributed by atoms with Gasteiger partial charge < -0.3 is 10.2 Å². The van der Waals surface area contributed by atoms with Crippen molar-refractivity contribution in [3.8, 4) is 6.07 Å². The highest BCUT2D eigenvalue weighted by molar-refractivity contribution is 7.13. The Balaban J connectivity index is 1.60. The molecule has 0 unspecified atom stereocenters. The van der Waals surface area contributed by atoms with E-state index in [4.69, 9.17) is 5.26 Å². The number of nitrogens with one attached hydrogen (secondary N) is 1. The Morgan fingerprint density at radius 3 is 2.95 bits per heavy atom. The zero-order valence-corrected chi connectivity index (χ0v) is 12.6. The van der Waals surface area contributed by atoms with E-state index >= 15 is 0 Å². The van der Waals surface area contributed by atoms with Crippen molar-refractivity contribution in [2.45, 2.75) is 12.8 Å². The van der Waals surface area contributed by atoms with Crippen LogP contribution in [0.1, 0.15) is 18.4 Å². The average molecular weight is 314 g/mol. The van der Waals surface area contributed by atoms with Crippen molar-refractivity contribution in [3.63, 3.8) is 0 Å². The van der Waals surface area contributed by atoms with Crippen molar-refractivity contribution in [3.05, 3.63) is 29.4 Å². The van der Waals surface area contributed by atoms with Gasteiger partial charge in [0.15, 0.2) is 0 Å². The first-order chi connectivity index (χ1) is 10.8. The smallest absolute Gasteiger partial charge is 0.229 e. The summed E-state index contributed by atoms with van der Waals surface area (Å²) in [6.07, 6.45) is 3.14. The molecule has 112 valence electrons. The average Bonchev–Trinajstić information content (AvgIpc) is 3.08. The van der Waals surface area contributed by atoms with E-state index < -0.39 is 0 Å². The van der Waals surface area contributed by atoms with E-state index in [2.05, 4.69) is 31.5 Å². The first kappa shape index (κ1) is 14.4. The molecule has 7 nitrogen and oxygen atoms in total. The van der Waals surface area contributed by atoms with Gasteiger partial charge in [-0.3, -0.25) is 4.79 Å². The third kappa shape index (κ3) is 3.04. The quantitative estimate of drug-likeness (QED) is 0.926. The van der Waals surface area contributed by atoms with Gasteiger partial charge in [-0.15, -0.1) is 10.2 Å². The van der Waals surface area contributed by atoms with Crippen LogP contribution in [0, 0.1) is 17.2 Å². The molecule has 0 saturated carbocycles. The number of carbonyl (C=O) groups is 1. The van der Waals surface area contributed by atoms with Crippen LogP contribution in [0.2, 0.25) is 0 Å². The highest BCUT2D eigenvalue weighted by Crippen LogP contribution is 2.25. The molecular weight excluding hydrogens is 300 g/mol. The molecule has 3 heterocycles. The lowest BCUT2D eigenvalue weighted by Gasteiger charge is -2.32. The number of nitriles is 1. The molecule has 2 aromatic rings. The second-order valence-corrected chi connectivity index (χ2v) is 5.81. The van der Waals surface area contributed by atoms with Crippen LogP contribution in [0.15, 0.2) is 23.8 Å². The third-order valence-electron chi connectivity index (χ3n) is 3.66. The lowest BCUT2D eigenvalue weighted by atomic mass is 9.96. The van der Waals surface area contributed by atoms with Gasteiger partial charge in [0, 0.05) is 25.2 Å². The van der Waals surface area contributed by atoms with E-state index in [-0.39, 0.29) is 11.8 Å². The third-order valence-corrected chi connectivity index (χ3v) is 4.27. The van der Waals surface area contributed by atoms with Crippen molar-refractivity contribution >= 4 is 28.2 Å². The Morgan fingerprint density at radius 2 is 2.27 bits per heavy atom. The summed E-state index contributed by atoms with van der Waals surface area (Å²) in [5.74, 6) is 0.639. The van der Waals surface area contributed by atoms with Crippen LogP contribution in [-0.2, 0) is 4.79 Å². The SMILES string of the molecule is N#Cc1cccnc1N1CCC(C(=O)Nc2nncs2)CC1. The predicted molar refractivity (Wildman–Crippen MR) is 82.4 cm³/mol. The molecule has 8 heteroatoms. The van der Waals surface area contributed by atoms with Crippen molar-refractivity contribution in [1.82, 2.24) is 15.2 Å². The summed E-state index contributed by atoms with van der Waals surface area (Å²) in [6, 6.07) is 5.67. The Labute approximate surface area is 131 Å². The van der Waals surface area contributed by atoms with E-state index in [0.717, 1.165) is 12.8 Å². The molecule has 0 aliphatic carbocycles. The number of pyridine rings is 1. The van der Waals surface area contributed by atoms with E-state index in [1.807, 2.05) is 0 Å². The van der Waals surface area contributed by atoms with Crippen molar-refractivity contribution < 1.29 is 4.79 Å². The van der Waals surface area contributed by atoms with Gasteiger partial charge in [0.2, 0.25) is 11.0 Å². The molecular formula is C14H14N6OS. The van der Waals surface area contributed by atoms with Crippen molar-refractivity contribution in [2.24, 2.45) is 5.92 Å². The molecule has 1 saturated heterocycles. The molecule has 1 fully saturated rings. The Morgan fingerprint density at radius 1 is 1.45 bits per heavy atom. The number of anilines is 2. The lowest BCUT2D eigenvalue weighted by molar-refractivity contribution is -0.120. The van der Waals surface area contributed by atoms with Gasteiger partial charge >= 0.3 is 0 Å². The first-order valence-electron chi connectivity index (χ1n) is 6.95. The van der Waals surface area contributed by atoms with Crippen LogP contribution >= 0.6 is 11.3 Å². The second kappa shape index (κ2) is 6.49. The molecule has 0 radical (unpaired) electrons.